The Balaban J connectivity index is 1.66. The van der Waals surface area contributed by atoms with Crippen molar-refractivity contribution in [1.29, 1.82) is 0 Å². The fourth-order valence-corrected chi connectivity index (χ4v) is 2.57. The molecule has 0 amide bonds. The van der Waals surface area contributed by atoms with Gasteiger partial charge in [0.15, 0.2) is 5.76 Å². The fourth-order valence-electron chi connectivity index (χ4n) is 2.57. The molecule has 1 fully saturated rings. The first kappa shape index (κ1) is 12.4. The average Bonchev–Trinajstić information content (AvgIpc) is 3.09. The molecule has 1 aromatic carbocycles. The Morgan fingerprint density at radius 2 is 2.21 bits per heavy atom. The second-order valence-electron chi connectivity index (χ2n) is 5.06. The van der Waals surface area contributed by atoms with Crippen molar-refractivity contribution in [2.75, 3.05) is 20.1 Å². The number of aromatic nitrogens is 1. The highest BCUT2D eigenvalue weighted by Crippen LogP contribution is 2.21. The molecule has 1 atom stereocenters. The number of nitrogens with one attached hydrogen (secondary N) is 1. The van der Waals surface area contributed by atoms with Crippen LogP contribution in [0.1, 0.15) is 12.1 Å². The van der Waals surface area contributed by atoms with Gasteiger partial charge in [-0.2, -0.15) is 0 Å². The molecule has 19 heavy (non-hydrogen) atoms. The van der Waals surface area contributed by atoms with E-state index >= 15 is 0 Å². The van der Waals surface area contributed by atoms with Crippen LogP contribution in [0.5, 0.6) is 0 Å². The molecule has 0 aliphatic carbocycles. The van der Waals surface area contributed by atoms with Gasteiger partial charge in [-0.15, -0.1) is 0 Å². The first-order valence-electron chi connectivity index (χ1n) is 6.76. The van der Waals surface area contributed by atoms with Crippen molar-refractivity contribution in [3.05, 3.63) is 42.1 Å². The molecular formula is C15H19N3O. The molecule has 1 aromatic heterocycles. The lowest BCUT2D eigenvalue weighted by Gasteiger charge is -2.13. The van der Waals surface area contributed by atoms with E-state index in [-0.39, 0.29) is 0 Å². The SMILES string of the molecule is CNC1CCN(Cc2cc(-c3ccccc3)on2)C1. The summed E-state index contributed by atoms with van der Waals surface area (Å²) in [6.45, 7) is 3.08. The molecule has 2 heterocycles. The molecular weight excluding hydrogens is 238 g/mol. The molecule has 100 valence electrons. The zero-order chi connectivity index (χ0) is 13.1. The van der Waals surface area contributed by atoms with E-state index in [4.69, 9.17) is 4.52 Å². The van der Waals surface area contributed by atoms with Gasteiger partial charge in [0.1, 0.15) is 0 Å². The third kappa shape index (κ3) is 2.85. The van der Waals surface area contributed by atoms with Gasteiger partial charge in [0.2, 0.25) is 0 Å². The Hall–Kier alpha value is -1.65. The van der Waals surface area contributed by atoms with E-state index < -0.39 is 0 Å². The first-order valence-corrected chi connectivity index (χ1v) is 6.76. The van der Waals surface area contributed by atoms with E-state index in [1.807, 2.05) is 43.4 Å². The van der Waals surface area contributed by atoms with Gasteiger partial charge in [-0.3, -0.25) is 4.90 Å². The van der Waals surface area contributed by atoms with E-state index in [1.165, 1.54) is 6.42 Å². The second-order valence-corrected chi connectivity index (χ2v) is 5.06. The van der Waals surface area contributed by atoms with E-state index in [2.05, 4.69) is 15.4 Å². The summed E-state index contributed by atoms with van der Waals surface area (Å²) >= 11 is 0. The molecule has 0 spiro atoms. The number of hydrogen-bond acceptors (Lipinski definition) is 4. The van der Waals surface area contributed by atoms with Crippen LogP contribution in [0.25, 0.3) is 11.3 Å². The van der Waals surface area contributed by atoms with E-state index in [1.54, 1.807) is 0 Å². The summed E-state index contributed by atoms with van der Waals surface area (Å²) in [5.41, 5.74) is 2.09. The molecule has 2 aromatic rings. The van der Waals surface area contributed by atoms with Crippen molar-refractivity contribution < 1.29 is 4.52 Å². The topological polar surface area (TPSA) is 41.3 Å². The fraction of sp³-hybridized carbons (Fsp3) is 0.400. The van der Waals surface area contributed by atoms with Crippen molar-refractivity contribution in [1.82, 2.24) is 15.4 Å². The predicted octanol–water partition coefficient (Wildman–Crippen LogP) is 2.14. The van der Waals surface area contributed by atoms with Crippen LogP contribution in [0.4, 0.5) is 0 Å². The van der Waals surface area contributed by atoms with Gasteiger partial charge >= 0.3 is 0 Å². The Labute approximate surface area is 113 Å². The quantitative estimate of drug-likeness (QED) is 0.911. The minimum Gasteiger partial charge on any atom is -0.356 e. The lowest BCUT2D eigenvalue weighted by Crippen LogP contribution is -2.29. The van der Waals surface area contributed by atoms with Crippen molar-refractivity contribution in [2.24, 2.45) is 0 Å². The Kier molecular flexibility index (Phi) is 3.62. The Bertz CT molecular complexity index is 523. The monoisotopic (exact) mass is 257 g/mol. The third-order valence-electron chi connectivity index (χ3n) is 3.68. The first-order chi connectivity index (χ1) is 9.35. The van der Waals surface area contributed by atoms with Gasteiger partial charge in [-0.1, -0.05) is 35.5 Å². The van der Waals surface area contributed by atoms with Gasteiger partial charge in [0, 0.05) is 37.3 Å². The summed E-state index contributed by atoms with van der Waals surface area (Å²) in [4.78, 5) is 2.41. The highest BCUT2D eigenvalue weighted by Gasteiger charge is 2.21. The Morgan fingerprint density at radius 3 is 2.95 bits per heavy atom. The van der Waals surface area contributed by atoms with Crippen molar-refractivity contribution >= 4 is 0 Å². The van der Waals surface area contributed by atoms with E-state index in [9.17, 15) is 0 Å². The summed E-state index contributed by atoms with van der Waals surface area (Å²) in [7, 11) is 2.03. The zero-order valence-electron chi connectivity index (χ0n) is 11.2. The summed E-state index contributed by atoms with van der Waals surface area (Å²) in [6, 6.07) is 12.8. The lowest BCUT2D eigenvalue weighted by atomic mass is 10.1. The summed E-state index contributed by atoms with van der Waals surface area (Å²) < 4.78 is 5.42. The standard InChI is InChI=1S/C15H19N3O/c1-16-13-7-8-18(10-13)11-14-9-15(19-17-14)12-5-3-2-4-6-12/h2-6,9,13,16H,7-8,10-11H2,1H3. The van der Waals surface area contributed by atoms with Gasteiger partial charge in [0.05, 0.1) is 5.69 Å². The number of likely N-dealkylation sites (N-methyl/N-ethyl adjacent to an activating group) is 1. The average molecular weight is 257 g/mol. The van der Waals surface area contributed by atoms with Crippen LogP contribution in [0.2, 0.25) is 0 Å². The molecule has 3 rings (SSSR count). The molecule has 1 aliphatic rings. The molecule has 0 bridgehead atoms. The molecule has 1 aliphatic heterocycles. The number of nitrogens with zero attached hydrogens (tertiary/aromatic N) is 2. The van der Waals surface area contributed by atoms with E-state index in [0.717, 1.165) is 36.7 Å². The van der Waals surface area contributed by atoms with Gasteiger partial charge in [-0.05, 0) is 13.5 Å². The largest absolute Gasteiger partial charge is 0.356 e. The van der Waals surface area contributed by atoms with Crippen LogP contribution >= 0.6 is 0 Å². The van der Waals surface area contributed by atoms with Gasteiger partial charge < -0.3 is 9.84 Å². The lowest BCUT2D eigenvalue weighted by molar-refractivity contribution is 0.307. The highest BCUT2D eigenvalue weighted by atomic mass is 16.5. The molecule has 0 saturated carbocycles. The third-order valence-corrected chi connectivity index (χ3v) is 3.68. The molecule has 4 nitrogen and oxygen atoms in total. The smallest absolute Gasteiger partial charge is 0.167 e. The van der Waals surface area contributed by atoms with Crippen LogP contribution in [0, 0.1) is 0 Å². The van der Waals surface area contributed by atoms with Crippen LogP contribution in [-0.4, -0.2) is 36.2 Å². The summed E-state index contributed by atoms with van der Waals surface area (Å²) in [5.74, 6) is 0.847. The number of likely N-dealkylation sites (tertiary alicyclic amines) is 1. The predicted molar refractivity (Wildman–Crippen MR) is 74.7 cm³/mol. The van der Waals surface area contributed by atoms with Crippen molar-refractivity contribution in [3.63, 3.8) is 0 Å². The zero-order valence-corrected chi connectivity index (χ0v) is 11.2. The number of benzene rings is 1. The minimum atomic E-state index is 0.612. The molecule has 0 radical (unpaired) electrons. The van der Waals surface area contributed by atoms with E-state index in [0.29, 0.717) is 6.04 Å². The number of hydrogen-bond donors (Lipinski definition) is 1. The Morgan fingerprint density at radius 1 is 1.37 bits per heavy atom. The van der Waals surface area contributed by atoms with Crippen LogP contribution in [0.3, 0.4) is 0 Å². The summed E-state index contributed by atoms with van der Waals surface area (Å²) in [5, 5.41) is 7.50. The maximum atomic E-state index is 5.42. The second kappa shape index (κ2) is 5.55. The van der Waals surface area contributed by atoms with Crippen molar-refractivity contribution in [2.45, 2.75) is 19.0 Å². The minimum absolute atomic E-state index is 0.612. The normalized spacial score (nSPS) is 19.9. The molecule has 1 unspecified atom stereocenters. The van der Waals surface area contributed by atoms with Crippen LogP contribution in [0.15, 0.2) is 40.9 Å². The molecule has 1 saturated heterocycles. The maximum absolute atomic E-state index is 5.42. The summed E-state index contributed by atoms with van der Waals surface area (Å²) in [6.07, 6.45) is 1.21. The van der Waals surface area contributed by atoms with Crippen LogP contribution < -0.4 is 5.32 Å². The maximum Gasteiger partial charge on any atom is 0.167 e. The van der Waals surface area contributed by atoms with Gasteiger partial charge in [0.25, 0.3) is 0 Å². The molecule has 1 N–H and O–H groups in total. The van der Waals surface area contributed by atoms with Crippen LogP contribution in [-0.2, 0) is 6.54 Å². The van der Waals surface area contributed by atoms with Gasteiger partial charge in [-0.25, -0.2) is 0 Å². The van der Waals surface area contributed by atoms with Crippen molar-refractivity contribution in [3.8, 4) is 11.3 Å². The molecule has 4 heteroatoms. The highest BCUT2D eigenvalue weighted by molar-refractivity contribution is 5.56. The number of rotatable bonds is 4.